The van der Waals surface area contributed by atoms with E-state index >= 15 is 0 Å². The number of hydrogen-bond acceptors (Lipinski definition) is 2. The molecule has 4 rings (SSSR count). The molecule has 1 saturated heterocycles. The van der Waals surface area contributed by atoms with E-state index in [1.165, 1.54) is 12.8 Å². The average Bonchev–Trinajstić information content (AvgIpc) is 2.84. The Kier molecular flexibility index (Phi) is 4.09. The summed E-state index contributed by atoms with van der Waals surface area (Å²) < 4.78 is 0. The van der Waals surface area contributed by atoms with E-state index < -0.39 is 0 Å². The molecule has 7 atom stereocenters. The molecule has 4 aliphatic rings. The Morgan fingerprint density at radius 1 is 1.08 bits per heavy atom. The lowest BCUT2D eigenvalue weighted by atomic mass is 9.47. The summed E-state index contributed by atoms with van der Waals surface area (Å²) in [5.74, 6) is 3.23. The lowest BCUT2D eigenvalue weighted by Crippen LogP contribution is -2.61. The number of carbonyl (C=O) groups excluding carboxylic acids is 2. The van der Waals surface area contributed by atoms with Crippen LogP contribution in [0.2, 0.25) is 0 Å². The Hall–Kier alpha value is -0.860. The quantitative estimate of drug-likeness (QED) is 0.742. The van der Waals surface area contributed by atoms with Gasteiger partial charge < -0.3 is 4.90 Å². The third kappa shape index (κ3) is 2.29. The van der Waals surface area contributed by atoms with E-state index in [1.807, 2.05) is 7.05 Å². The predicted octanol–water partition coefficient (Wildman–Crippen LogP) is 4.45. The molecule has 140 valence electrons. The molecule has 0 radical (unpaired) electrons. The lowest BCUT2D eigenvalue weighted by molar-refractivity contribution is -0.158. The maximum Gasteiger partial charge on any atom is 0.222 e. The van der Waals surface area contributed by atoms with Gasteiger partial charge in [0.05, 0.1) is 0 Å². The summed E-state index contributed by atoms with van der Waals surface area (Å²) in [7, 11) is 2.02. The molecule has 4 fully saturated rings. The summed E-state index contributed by atoms with van der Waals surface area (Å²) in [6.07, 6.45) is 9.74. The number of ketones is 1. The number of fused-ring (bicyclic) bond motifs is 5. The predicted molar refractivity (Wildman–Crippen MR) is 99.0 cm³/mol. The van der Waals surface area contributed by atoms with Gasteiger partial charge in [0, 0.05) is 30.8 Å². The summed E-state index contributed by atoms with van der Waals surface area (Å²) in [6, 6.07) is 0.419. The van der Waals surface area contributed by atoms with Crippen molar-refractivity contribution in [3.05, 3.63) is 0 Å². The highest BCUT2D eigenvalue weighted by Crippen LogP contribution is 2.64. The molecule has 3 saturated carbocycles. The number of amides is 1. The molecule has 25 heavy (non-hydrogen) atoms. The standard InChI is InChI=1S/C22H35NO2/c1-5-6-14-13-17-15-7-8-18-21(2,12-10-19(24)23(18)4)16(15)9-11-22(17,3)20(14)25/h14-18H,5-13H2,1-4H3/t14?,15-,16-,17+,18?,21-,22+/m1/s1. The Labute approximate surface area is 152 Å². The molecule has 1 heterocycles. The van der Waals surface area contributed by atoms with Crippen LogP contribution in [0.1, 0.15) is 78.6 Å². The van der Waals surface area contributed by atoms with E-state index in [0.29, 0.717) is 47.8 Å². The van der Waals surface area contributed by atoms with Gasteiger partial charge in [0.15, 0.2) is 0 Å². The topological polar surface area (TPSA) is 37.4 Å². The van der Waals surface area contributed by atoms with Crippen molar-refractivity contribution in [2.45, 2.75) is 84.6 Å². The molecule has 3 heteroatoms. The number of Topliss-reactive ketones (excluding diaryl/α,β-unsaturated/α-hetero) is 1. The first kappa shape index (κ1) is 17.5. The van der Waals surface area contributed by atoms with Crippen LogP contribution in [0, 0.1) is 34.5 Å². The van der Waals surface area contributed by atoms with E-state index in [-0.39, 0.29) is 10.8 Å². The minimum atomic E-state index is -0.0550. The van der Waals surface area contributed by atoms with E-state index in [0.717, 1.165) is 38.5 Å². The third-order valence-corrected chi connectivity index (χ3v) is 9.06. The highest BCUT2D eigenvalue weighted by atomic mass is 16.2. The summed E-state index contributed by atoms with van der Waals surface area (Å²) in [5, 5.41) is 0. The van der Waals surface area contributed by atoms with Crippen LogP contribution in [0.5, 0.6) is 0 Å². The normalized spacial score (nSPS) is 49.6. The maximum atomic E-state index is 13.1. The number of carbonyl (C=O) groups is 2. The van der Waals surface area contributed by atoms with Crippen LogP contribution >= 0.6 is 0 Å². The maximum absolute atomic E-state index is 13.1. The van der Waals surface area contributed by atoms with Crippen molar-refractivity contribution in [3.8, 4) is 0 Å². The van der Waals surface area contributed by atoms with Gasteiger partial charge in [-0.3, -0.25) is 9.59 Å². The van der Waals surface area contributed by atoms with Gasteiger partial charge >= 0.3 is 0 Å². The molecule has 0 N–H and O–H groups in total. The summed E-state index contributed by atoms with van der Waals surface area (Å²) >= 11 is 0. The van der Waals surface area contributed by atoms with Gasteiger partial charge in [-0.15, -0.1) is 0 Å². The second-order valence-corrected chi connectivity index (χ2v) is 10.0. The first-order chi connectivity index (χ1) is 11.8. The number of rotatable bonds is 2. The molecule has 0 aromatic heterocycles. The second-order valence-electron chi connectivity index (χ2n) is 10.0. The van der Waals surface area contributed by atoms with Crippen LogP contribution in [-0.2, 0) is 9.59 Å². The molecule has 0 aromatic carbocycles. The zero-order valence-corrected chi connectivity index (χ0v) is 16.5. The minimum Gasteiger partial charge on any atom is -0.342 e. The van der Waals surface area contributed by atoms with Gasteiger partial charge in [-0.1, -0.05) is 27.2 Å². The average molecular weight is 346 g/mol. The van der Waals surface area contributed by atoms with Gasteiger partial charge in [-0.05, 0) is 68.1 Å². The van der Waals surface area contributed by atoms with E-state index in [1.54, 1.807) is 0 Å². The number of piperidine rings is 1. The first-order valence-electron chi connectivity index (χ1n) is 10.6. The van der Waals surface area contributed by atoms with Crippen molar-refractivity contribution < 1.29 is 9.59 Å². The largest absolute Gasteiger partial charge is 0.342 e. The fraction of sp³-hybridized carbons (Fsp3) is 0.909. The van der Waals surface area contributed by atoms with Crippen molar-refractivity contribution in [2.75, 3.05) is 7.05 Å². The van der Waals surface area contributed by atoms with Crippen molar-refractivity contribution in [2.24, 2.45) is 34.5 Å². The number of likely N-dealkylation sites (tertiary alicyclic amines) is 1. The molecular formula is C22H35NO2. The molecule has 1 aliphatic heterocycles. The Morgan fingerprint density at radius 2 is 1.84 bits per heavy atom. The van der Waals surface area contributed by atoms with Crippen molar-refractivity contribution in [1.82, 2.24) is 4.90 Å². The van der Waals surface area contributed by atoms with Gasteiger partial charge in [-0.2, -0.15) is 0 Å². The van der Waals surface area contributed by atoms with Crippen molar-refractivity contribution in [3.63, 3.8) is 0 Å². The first-order valence-corrected chi connectivity index (χ1v) is 10.6. The third-order valence-electron chi connectivity index (χ3n) is 9.06. The second kappa shape index (κ2) is 5.82. The summed E-state index contributed by atoms with van der Waals surface area (Å²) in [6.45, 7) is 6.96. The summed E-state index contributed by atoms with van der Waals surface area (Å²) in [5.41, 5.74) is 0.208. The number of nitrogens with zero attached hydrogens (tertiary/aromatic N) is 1. The van der Waals surface area contributed by atoms with Crippen LogP contribution in [0.3, 0.4) is 0 Å². The summed E-state index contributed by atoms with van der Waals surface area (Å²) in [4.78, 5) is 27.4. The Morgan fingerprint density at radius 3 is 2.56 bits per heavy atom. The molecule has 3 nitrogen and oxygen atoms in total. The van der Waals surface area contributed by atoms with Gasteiger partial charge in [0.25, 0.3) is 0 Å². The molecule has 0 spiro atoms. The molecule has 3 aliphatic carbocycles. The molecule has 2 unspecified atom stereocenters. The van der Waals surface area contributed by atoms with Crippen LogP contribution in [0.15, 0.2) is 0 Å². The highest BCUT2D eigenvalue weighted by molar-refractivity contribution is 5.89. The van der Waals surface area contributed by atoms with E-state index in [4.69, 9.17) is 0 Å². The molecule has 1 amide bonds. The monoisotopic (exact) mass is 345 g/mol. The number of hydrogen-bond donors (Lipinski definition) is 0. The minimum absolute atomic E-state index is 0.0550. The van der Waals surface area contributed by atoms with Crippen LogP contribution in [0.4, 0.5) is 0 Å². The van der Waals surface area contributed by atoms with Crippen LogP contribution in [-0.4, -0.2) is 29.7 Å². The van der Waals surface area contributed by atoms with Crippen molar-refractivity contribution in [1.29, 1.82) is 0 Å². The fourth-order valence-corrected chi connectivity index (χ4v) is 7.69. The van der Waals surface area contributed by atoms with Gasteiger partial charge in [0.2, 0.25) is 5.91 Å². The Balaban J connectivity index is 1.63. The molecular weight excluding hydrogens is 310 g/mol. The van der Waals surface area contributed by atoms with Gasteiger partial charge in [0.1, 0.15) is 5.78 Å². The van der Waals surface area contributed by atoms with E-state index in [2.05, 4.69) is 25.7 Å². The zero-order valence-electron chi connectivity index (χ0n) is 16.5. The van der Waals surface area contributed by atoms with Crippen LogP contribution in [0.25, 0.3) is 0 Å². The lowest BCUT2D eigenvalue weighted by Gasteiger charge is -2.61. The fourth-order valence-electron chi connectivity index (χ4n) is 7.69. The molecule has 0 aromatic rings. The SMILES string of the molecule is CCCC1C[C@H]2[C@@H]3CCC4N(C)C(=O)CC[C@]4(C)[C@@H]3CC[C@]2(C)C1=O. The zero-order chi connectivity index (χ0) is 18.0. The van der Waals surface area contributed by atoms with E-state index in [9.17, 15) is 9.59 Å². The Bertz CT molecular complexity index is 587. The van der Waals surface area contributed by atoms with Crippen LogP contribution < -0.4 is 0 Å². The highest BCUT2D eigenvalue weighted by Gasteiger charge is 2.62. The van der Waals surface area contributed by atoms with Gasteiger partial charge in [-0.25, -0.2) is 0 Å². The smallest absolute Gasteiger partial charge is 0.222 e. The van der Waals surface area contributed by atoms with Crippen molar-refractivity contribution >= 4 is 11.7 Å². The molecule has 0 bridgehead atoms.